The molecule has 0 aliphatic rings. The van der Waals surface area contributed by atoms with Crippen LogP contribution in [0.2, 0.25) is 0 Å². The number of aryl methyl sites for hydroxylation is 1. The Labute approximate surface area is 111 Å². The fraction of sp³-hybridized carbons (Fsp3) is 0.250. The van der Waals surface area contributed by atoms with Gasteiger partial charge in [-0.15, -0.1) is 0 Å². The van der Waals surface area contributed by atoms with Crippen LogP contribution in [0.5, 0.6) is 0 Å². The molecule has 2 heterocycles. The Kier molecular flexibility index (Phi) is 3.96. The molecule has 0 aliphatic carbocycles. The first-order valence-corrected chi connectivity index (χ1v) is 6.36. The summed E-state index contributed by atoms with van der Waals surface area (Å²) in [4.78, 5) is 12.0. The Bertz CT molecular complexity index is 561. The van der Waals surface area contributed by atoms with E-state index in [1.165, 1.54) is 6.20 Å². The van der Waals surface area contributed by atoms with E-state index in [1.807, 2.05) is 6.92 Å². The van der Waals surface area contributed by atoms with Gasteiger partial charge in [0.05, 0.1) is 0 Å². The number of hydrogen-bond acceptors (Lipinski definition) is 3. The number of alkyl halides is 3. The van der Waals surface area contributed by atoms with Gasteiger partial charge < -0.3 is 0 Å². The average Bonchev–Trinajstić information content (AvgIpc) is 2.38. The summed E-state index contributed by atoms with van der Waals surface area (Å²) in [6.07, 6.45) is 2.06. The van der Waals surface area contributed by atoms with E-state index >= 15 is 0 Å². The smallest absolute Gasteiger partial charge is 0.264 e. The third kappa shape index (κ3) is 2.53. The lowest BCUT2D eigenvalue weighted by molar-refractivity contribution is 0.145. The molecule has 0 atom stereocenters. The van der Waals surface area contributed by atoms with Gasteiger partial charge in [-0.1, -0.05) is 15.9 Å². The summed E-state index contributed by atoms with van der Waals surface area (Å²) in [6, 6.07) is 1.72. The molecule has 94 valence electrons. The van der Waals surface area contributed by atoms with Gasteiger partial charge in [-0.2, -0.15) is 0 Å². The third-order valence-corrected chi connectivity index (χ3v) is 3.11. The highest BCUT2D eigenvalue weighted by Gasteiger charge is 2.17. The molecule has 0 aliphatic heterocycles. The van der Waals surface area contributed by atoms with Crippen LogP contribution in [0.15, 0.2) is 24.7 Å². The minimum Gasteiger partial charge on any atom is -0.264 e. The Morgan fingerprint density at radius 2 is 2.11 bits per heavy atom. The Balaban J connectivity index is 2.54. The third-order valence-electron chi connectivity index (χ3n) is 2.51. The molecule has 0 saturated heterocycles. The molecule has 0 fully saturated rings. The minimum atomic E-state index is -2.61. The Morgan fingerprint density at radius 3 is 2.72 bits per heavy atom. The molecule has 0 unspecified atom stereocenters. The van der Waals surface area contributed by atoms with Crippen molar-refractivity contribution < 1.29 is 8.78 Å². The van der Waals surface area contributed by atoms with E-state index in [4.69, 9.17) is 0 Å². The van der Waals surface area contributed by atoms with Crippen LogP contribution in [0.4, 0.5) is 8.78 Å². The second-order valence-corrected chi connectivity index (χ2v) is 4.29. The van der Waals surface area contributed by atoms with Crippen LogP contribution < -0.4 is 0 Å². The molecule has 0 radical (unpaired) electrons. The summed E-state index contributed by atoms with van der Waals surface area (Å²) < 4.78 is 25.8. The zero-order chi connectivity index (χ0) is 13.1. The fourth-order valence-corrected chi connectivity index (χ4v) is 2.00. The molecule has 2 aromatic heterocycles. The lowest BCUT2D eigenvalue weighted by Crippen LogP contribution is -2.02. The molecule has 18 heavy (non-hydrogen) atoms. The van der Waals surface area contributed by atoms with Crippen LogP contribution in [0.3, 0.4) is 0 Å². The number of nitrogens with zero attached hydrogens (tertiary/aromatic N) is 3. The van der Waals surface area contributed by atoms with Crippen molar-refractivity contribution in [3.63, 3.8) is 0 Å². The molecule has 0 amide bonds. The Hall–Kier alpha value is -1.43. The average molecular weight is 314 g/mol. The van der Waals surface area contributed by atoms with Crippen molar-refractivity contribution in [1.29, 1.82) is 0 Å². The molecular formula is C12H10BrF2N3. The summed E-state index contributed by atoms with van der Waals surface area (Å²) in [7, 11) is 0. The zero-order valence-corrected chi connectivity index (χ0v) is 11.2. The van der Waals surface area contributed by atoms with Gasteiger partial charge >= 0.3 is 0 Å². The van der Waals surface area contributed by atoms with Crippen LogP contribution in [0.25, 0.3) is 11.4 Å². The predicted octanol–water partition coefficient (Wildman–Crippen LogP) is 3.68. The summed E-state index contributed by atoms with van der Waals surface area (Å²) in [5.74, 6) is 0.301. The van der Waals surface area contributed by atoms with E-state index in [0.29, 0.717) is 22.3 Å². The number of halogens is 3. The first-order valence-electron chi connectivity index (χ1n) is 5.24. The molecule has 3 nitrogen and oxygen atoms in total. The number of hydrogen-bond donors (Lipinski definition) is 0. The number of rotatable bonds is 3. The highest BCUT2D eigenvalue weighted by atomic mass is 79.9. The molecule has 0 aromatic carbocycles. The highest BCUT2D eigenvalue weighted by molar-refractivity contribution is 9.08. The van der Waals surface area contributed by atoms with Gasteiger partial charge in [0.15, 0.2) is 5.82 Å². The first kappa shape index (κ1) is 13.0. The second kappa shape index (κ2) is 5.48. The van der Waals surface area contributed by atoms with Gasteiger partial charge in [0, 0.05) is 35.0 Å². The Morgan fingerprint density at radius 1 is 1.33 bits per heavy atom. The zero-order valence-electron chi connectivity index (χ0n) is 9.57. The van der Waals surface area contributed by atoms with E-state index in [0.717, 1.165) is 5.56 Å². The van der Waals surface area contributed by atoms with E-state index in [2.05, 4.69) is 30.9 Å². The molecule has 0 N–H and O–H groups in total. The van der Waals surface area contributed by atoms with Gasteiger partial charge in [0.25, 0.3) is 6.43 Å². The molecule has 0 spiro atoms. The minimum absolute atomic E-state index is 0.229. The van der Waals surface area contributed by atoms with Gasteiger partial charge in [-0.25, -0.2) is 18.7 Å². The van der Waals surface area contributed by atoms with Gasteiger partial charge in [0.2, 0.25) is 0 Å². The normalized spacial score (nSPS) is 10.9. The summed E-state index contributed by atoms with van der Waals surface area (Å²) in [6.45, 7) is 1.84. The van der Waals surface area contributed by atoms with Crippen molar-refractivity contribution in [2.45, 2.75) is 18.7 Å². The maximum atomic E-state index is 12.9. The highest BCUT2D eigenvalue weighted by Crippen LogP contribution is 2.26. The van der Waals surface area contributed by atoms with Crippen LogP contribution in [0, 0.1) is 6.92 Å². The van der Waals surface area contributed by atoms with Crippen molar-refractivity contribution in [1.82, 2.24) is 15.0 Å². The number of aromatic nitrogens is 3. The van der Waals surface area contributed by atoms with Crippen molar-refractivity contribution in [2.24, 2.45) is 0 Å². The van der Waals surface area contributed by atoms with Crippen LogP contribution in [-0.4, -0.2) is 15.0 Å². The standard InChI is InChI=1S/C12H10BrF2N3/c1-7-5-16-3-2-9(7)12-17-6-8(4-13)10(18-12)11(14)15/h2-3,5-6,11H,4H2,1H3. The van der Waals surface area contributed by atoms with Gasteiger partial charge in [-0.3, -0.25) is 4.98 Å². The quantitative estimate of drug-likeness (QED) is 0.811. The van der Waals surface area contributed by atoms with Crippen LogP contribution >= 0.6 is 15.9 Å². The maximum absolute atomic E-state index is 12.9. The van der Waals surface area contributed by atoms with Gasteiger partial charge in [-0.05, 0) is 18.6 Å². The summed E-state index contributed by atoms with van der Waals surface area (Å²) in [5.41, 5.74) is 1.74. The summed E-state index contributed by atoms with van der Waals surface area (Å²) in [5, 5.41) is 0.308. The molecule has 2 aromatic rings. The van der Waals surface area contributed by atoms with Crippen molar-refractivity contribution in [3.05, 3.63) is 41.5 Å². The fourth-order valence-electron chi connectivity index (χ4n) is 1.57. The van der Waals surface area contributed by atoms with E-state index in [1.54, 1.807) is 18.5 Å². The molecule has 0 bridgehead atoms. The molecule has 6 heteroatoms. The van der Waals surface area contributed by atoms with Crippen LogP contribution in [-0.2, 0) is 5.33 Å². The lowest BCUT2D eigenvalue weighted by Gasteiger charge is -2.08. The van der Waals surface area contributed by atoms with Gasteiger partial charge in [0.1, 0.15) is 5.69 Å². The largest absolute Gasteiger partial charge is 0.280 e. The summed E-state index contributed by atoms with van der Waals surface area (Å²) >= 11 is 3.15. The maximum Gasteiger partial charge on any atom is 0.280 e. The van der Waals surface area contributed by atoms with Crippen molar-refractivity contribution in [3.8, 4) is 11.4 Å². The van der Waals surface area contributed by atoms with E-state index in [-0.39, 0.29) is 5.69 Å². The predicted molar refractivity (Wildman–Crippen MR) is 67.6 cm³/mol. The molecule has 0 saturated carbocycles. The molecule has 2 rings (SSSR count). The first-order chi connectivity index (χ1) is 8.63. The van der Waals surface area contributed by atoms with Crippen molar-refractivity contribution in [2.75, 3.05) is 0 Å². The second-order valence-electron chi connectivity index (χ2n) is 3.73. The van der Waals surface area contributed by atoms with Crippen LogP contribution in [0.1, 0.15) is 23.2 Å². The number of pyridine rings is 1. The lowest BCUT2D eigenvalue weighted by atomic mass is 10.1. The van der Waals surface area contributed by atoms with E-state index < -0.39 is 6.43 Å². The SMILES string of the molecule is Cc1cnccc1-c1ncc(CBr)c(C(F)F)n1. The van der Waals surface area contributed by atoms with E-state index in [9.17, 15) is 8.78 Å². The van der Waals surface area contributed by atoms with Crippen molar-refractivity contribution >= 4 is 15.9 Å². The topological polar surface area (TPSA) is 38.7 Å². The monoisotopic (exact) mass is 313 g/mol. The molecular weight excluding hydrogens is 304 g/mol.